The molecular weight excluding hydrogens is 272 g/mol. The van der Waals surface area contributed by atoms with Gasteiger partial charge in [-0.15, -0.1) is 6.58 Å². The van der Waals surface area contributed by atoms with Gasteiger partial charge in [-0.1, -0.05) is 25.7 Å². The summed E-state index contributed by atoms with van der Waals surface area (Å²) >= 11 is 0. The van der Waals surface area contributed by atoms with Crippen molar-refractivity contribution < 1.29 is 19.0 Å². The van der Waals surface area contributed by atoms with Crippen LogP contribution in [0.25, 0.3) is 0 Å². The molecule has 0 aromatic heterocycles. The molecule has 1 aliphatic carbocycles. The van der Waals surface area contributed by atoms with Crippen molar-refractivity contribution in [2.45, 2.75) is 45.4 Å². The first-order valence-corrected chi connectivity index (χ1v) is 10.6. The summed E-state index contributed by atoms with van der Waals surface area (Å²) in [4.78, 5) is 11.3. The molecule has 2 aliphatic rings. The van der Waals surface area contributed by atoms with Gasteiger partial charge in [0, 0.05) is 12.8 Å². The summed E-state index contributed by atoms with van der Waals surface area (Å²) in [5.74, 6) is 0.117. The number of fused-ring (bicyclic) bond motifs is 1. The largest absolute Gasteiger partial charge is 0.458 e. The summed E-state index contributed by atoms with van der Waals surface area (Å²) in [7, 11) is -1.60. The molecule has 1 fully saturated rings. The SMILES string of the molecule is C=CCOC1OCC2CC(OC(C)=O)C([Si](C)(C)C)=C21. The molecule has 0 spiro atoms. The lowest BCUT2D eigenvalue weighted by Crippen LogP contribution is -2.34. The van der Waals surface area contributed by atoms with E-state index in [4.69, 9.17) is 14.2 Å². The van der Waals surface area contributed by atoms with E-state index < -0.39 is 8.07 Å². The van der Waals surface area contributed by atoms with Gasteiger partial charge in [0.2, 0.25) is 0 Å². The van der Waals surface area contributed by atoms with Crippen LogP contribution in [0.2, 0.25) is 19.6 Å². The van der Waals surface area contributed by atoms with Gasteiger partial charge in [-0.05, 0) is 17.2 Å². The molecule has 0 aromatic rings. The molecule has 4 nitrogen and oxygen atoms in total. The molecule has 2 rings (SSSR count). The minimum absolute atomic E-state index is 0.0853. The van der Waals surface area contributed by atoms with Crippen LogP contribution in [0, 0.1) is 5.92 Å². The Hall–Kier alpha value is -0.913. The Morgan fingerprint density at radius 1 is 1.50 bits per heavy atom. The van der Waals surface area contributed by atoms with E-state index in [0.29, 0.717) is 19.1 Å². The van der Waals surface area contributed by atoms with Gasteiger partial charge in [0.25, 0.3) is 0 Å². The standard InChI is InChI=1S/C15H24O4Si/c1-6-7-17-15-13-11(9-18-15)8-12(19-10(2)16)14(13)20(3,4)5/h6,11-12,15H,1,7-9H2,2-5H3. The summed E-state index contributed by atoms with van der Waals surface area (Å²) in [5, 5.41) is 1.30. The second kappa shape index (κ2) is 5.83. The van der Waals surface area contributed by atoms with Crippen molar-refractivity contribution in [3.8, 4) is 0 Å². The predicted octanol–water partition coefficient (Wildman–Crippen LogP) is 2.67. The van der Waals surface area contributed by atoms with Crippen molar-refractivity contribution in [3.05, 3.63) is 23.4 Å². The number of hydrogen-bond acceptors (Lipinski definition) is 4. The van der Waals surface area contributed by atoms with Crippen LogP contribution in [-0.4, -0.2) is 39.7 Å². The van der Waals surface area contributed by atoms with Crippen LogP contribution in [0.1, 0.15) is 13.3 Å². The van der Waals surface area contributed by atoms with Gasteiger partial charge >= 0.3 is 5.97 Å². The quantitative estimate of drug-likeness (QED) is 0.444. The maximum atomic E-state index is 11.3. The smallest absolute Gasteiger partial charge is 0.303 e. The lowest BCUT2D eigenvalue weighted by molar-refractivity contribution is -0.144. The minimum atomic E-state index is -1.60. The van der Waals surface area contributed by atoms with Crippen molar-refractivity contribution in [2.75, 3.05) is 13.2 Å². The minimum Gasteiger partial charge on any atom is -0.458 e. The molecule has 1 aliphatic heterocycles. The average molecular weight is 296 g/mol. The molecule has 0 N–H and O–H groups in total. The monoisotopic (exact) mass is 296 g/mol. The lowest BCUT2D eigenvalue weighted by Gasteiger charge is -2.27. The Balaban J connectivity index is 2.32. The van der Waals surface area contributed by atoms with Crippen LogP contribution < -0.4 is 0 Å². The molecule has 0 radical (unpaired) electrons. The summed E-state index contributed by atoms with van der Waals surface area (Å²) in [5.41, 5.74) is 1.23. The van der Waals surface area contributed by atoms with Gasteiger partial charge < -0.3 is 14.2 Å². The third kappa shape index (κ3) is 3.05. The molecule has 1 heterocycles. The van der Waals surface area contributed by atoms with Crippen molar-refractivity contribution >= 4 is 14.0 Å². The van der Waals surface area contributed by atoms with E-state index in [9.17, 15) is 4.79 Å². The number of carbonyl (C=O) groups is 1. The van der Waals surface area contributed by atoms with Crippen molar-refractivity contribution in [2.24, 2.45) is 5.92 Å². The summed E-state index contributed by atoms with van der Waals surface area (Å²) in [6, 6.07) is 0. The molecule has 3 atom stereocenters. The molecule has 20 heavy (non-hydrogen) atoms. The first kappa shape index (κ1) is 15.5. The van der Waals surface area contributed by atoms with Gasteiger partial charge in [0.15, 0.2) is 6.29 Å². The molecular formula is C15H24O4Si. The summed E-state index contributed by atoms with van der Waals surface area (Å²) in [6.45, 7) is 13.1. The topological polar surface area (TPSA) is 44.8 Å². The van der Waals surface area contributed by atoms with E-state index in [1.165, 1.54) is 17.7 Å². The predicted molar refractivity (Wildman–Crippen MR) is 79.9 cm³/mol. The Bertz CT molecular complexity index is 436. The van der Waals surface area contributed by atoms with Gasteiger partial charge in [-0.3, -0.25) is 4.79 Å². The normalized spacial score (nSPS) is 29.5. The van der Waals surface area contributed by atoms with Crippen molar-refractivity contribution in [3.63, 3.8) is 0 Å². The zero-order chi connectivity index (χ0) is 14.9. The molecule has 112 valence electrons. The zero-order valence-corrected chi connectivity index (χ0v) is 13.8. The number of ether oxygens (including phenoxy) is 3. The van der Waals surface area contributed by atoms with E-state index in [1.54, 1.807) is 6.08 Å². The van der Waals surface area contributed by atoms with E-state index in [2.05, 4.69) is 26.2 Å². The number of hydrogen-bond donors (Lipinski definition) is 0. The van der Waals surface area contributed by atoms with Gasteiger partial charge in [-0.25, -0.2) is 0 Å². The highest BCUT2D eigenvalue weighted by molar-refractivity contribution is 6.83. The highest BCUT2D eigenvalue weighted by Gasteiger charge is 2.47. The second-order valence-electron chi connectivity index (χ2n) is 6.44. The fourth-order valence-corrected chi connectivity index (χ4v) is 5.53. The maximum absolute atomic E-state index is 11.3. The van der Waals surface area contributed by atoms with E-state index in [-0.39, 0.29) is 18.4 Å². The van der Waals surface area contributed by atoms with Crippen molar-refractivity contribution in [1.29, 1.82) is 0 Å². The first-order valence-electron chi connectivity index (χ1n) is 7.10. The molecule has 3 unspecified atom stereocenters. The van der Waals surface area contributed by atoms with Crippen LogP contribution in [0.15, 0.2) is 23.4 Å². The zero-order valence-electron chi connectivity index (χ0n) is 12.8. The highest BCUT2D eigenvalue weighted by atomic mass is 28.3. The van der Waals surface area contributed by atoms with Gasteiger partial charge in [0.1, 0.15) is 6.10 Å². The summed E-state index contributed by atoms with van der Waals surface area (Å²) in [6.07, 6.45) is 2.19. The Morgan fingerprint density at radius 2 is 2.20 bits per heavy atom. The lowest BCUT2D eigenvalue weighted by atomic mass is 10.1. The molecule has 0 amide bonds. The highest BCUT2D eigenvalue weighted by Crippen LogP contribution is 2.45. The van der Waals surface area contributed by atoms with Crippen LogP contribution in [0.4, 0.5) is 0 Å². The second-order valence-corrected chi connectivity index (χ2v) is 11.5. The van der Waals surface area contributed by atoms with E-state index in [0.717, 1.165) is 6.42 Å². The third-order valence-electron chi connectivity index (χ3n) is 3.76. The number of rotatable bonds is 5. The number of esters is 1. The summed E-state index contributed by atoms with van der Waals surface area (Å²) < 4.78 is 17.0. The van der Waals surface area contributed by atoms with E-state index >= 15 is 0 Å². The van der Waals surface area contributed by atoms with Crippen LogP contribution in [-0.2, 0) is 19.0 Å². The fraction of sp³-hybridized carbons (Fsp3) is 0.667. The maximum Gasteiger partial charge on any atom is 0.303 e. The van der Waals surface area contributed by atoms with Crippen molar-refractivity contribution in [1.82, 2.24) is 0 Å². The Labute approximate surface area is 121 Å². The van der Waals surface area contributed by atoms with Crippen LogP contribution >= 0.6 is 0 Å². The fourth-order valence-electron chi connectivity index (χ4n) is 3.20. The van der Waals surface area contributed by atoms with Gasteiger partial charge in [-0.2, -0.15) is 0 Å². The first-order chi connectivity index (χ1) is 9.34. The van der Waals surface area contributed by atoms with Crippen LogP contribution in [0.5, 0.6) is 0 Å². The van der Waals surface area contributed by atoms with Crippen LogP contribution in [0.3, 0.4) is 0 Å². The molecule has 0 bridgehead atoms. The Morgan fingerprint density at radius 3 is 2.75 bits per heavy atom. The number of carbonyl (C=O) groups excluding carboxylic acids is 1. The Kier molecular flexibility index (Phi) is 4.51. The molecule has 1 saturated heterocycles. The van der Waals surface area contributed by atoms with Gasteiger partial charge in [0.05, 0.1) is 21.3 Å². The average Bonchev–Trinajstić information content (AvgIpc) is 2.82. The van der Waals surface area contributed by atoms with E-state index in [1.807, 2.05) is 0 Å². The molecule has 0 saturated carbocycles. The molecule has 0 aromatic carbocycles. The third-order valence-corrected chi connectivity index (χ3v) is 5.98. The molecule has 5 heteroatoms.